The summed E-state index contributed by atoms with van der Waals surface area (Å²) in [5.41, 5.74) is 3.42. The van der Waals surface area contributed by atoms with Gasteiger partial charge in [-0.2, -0.15) is 5.26 Å². The van der Waals surface area contributed by atoms with Crippen LogP contribution in [0.2, 0.25) is 5.02 Å². The first-order valence-corrected chi connectivity index (χ1v) is 12.9. The lowest BCUT2D eigenvalue weighted by molar-refractivity contribution is 0.0730. The highest BCUT2D eigenvalue weighted by Crippen LogP contribution is 2.28. The van der Waals surface area contributed by atoms with E-state index in [-0.39, 0.29) is 10.8 Å². The molecule has 180 valence electrons. The Morgan fingerprint density at radius 3 is 2.06 bits per heavy atom. The van der Waals surface area contributed by atoms with E-state index in [1.807, 2.05) is 47.2 Å². The second-order valence-electron chi connectivity index (χ2n) is 8.04. The van der Waals surface area contributed by atoms with Gasteiger partial charge in [-0.15, -0.1) is 0 Å². The number of benzene rings is 4. The Morgan fingerprint density at radius 1 is 0.806 bits per heavy atom. The first-order chi connectivity index (χ1) is 17.4. The summed E-state index contributed by atoms with van der Waals surface area (Å²) in [6.07, 6.45) is 1.48. The maximum absolute atomic E-state index is 13.4. The minimum absolute atomic E-state index is 0.0129. The Morgan fingerprint density at radius 2 is 1.39 bits per heavy atom. The third kappa shape index (κ3) is 5.74. The van der Waals surface area contributed by atoms with E-state index < -0.39 is 10.0 Å². The van der Waals surface area contributed by atoms with Gasteiger partial charge in [-0.1, -0.05) is 96.5 Å². The van der Waals surface area contributed by atoms with E-state index >= 15 is 0 Å². The zero-order valence-electron chi connectivity index (χ0n) is 19.1. The summed E-state index contributed by atoms with van der Waals surface area (Å²) in [4.78, 5) is 15.2. The molecule has 1 N–H and O–H groups in total. The number of rotatable bonds is 8. The fourth-order valence-corrected chi connectivity index (χ4v) is 5.05. The molecule has 0 aliphatic rings. The second-order valence-corrected chi connectivity index (χ2v) is 10.1. The monoisotopic (exact) mass is 515 g/mol. The van der Waals surface area contributed by atoms with Crippen LogP contribution in [0.3, 0.4) is 0 Å². The molecule has 0 aliphatic heterocycles. The molecule has 0 saturated heterocycles. The third-order valence-corrected chi connectivity index (χ3v) is 7.23. The zero-order valence-corrected chi connectivity index (χ0v) is 20.7. The molecule has 8 heteroatoms. The van der Waals surface area contributed by atoms with Gasteiger partial charge in [0.1, 0.15) is 0 Å². The van der Waals surface area contributed by atoms with Crippen molar-refractivity contribution in [2.75, 3.05) is 0 Å². The van der Waals surface area contributed by atoms with Crippen molar-refractivity contribution in [1.29, 1.82) is 5.26 Å². The minimum Gasteiger partial charge on any atom is -0.330 e. The first-order valence-electron chi connectivity index (χ1n) is 11.1. The van der Waals surface area contributed by atoms with Crippen LogP contribution in [0.5, 0.6) is 0 Å². The van der Waals surface area contributed by atoms with Crippen LogP contribution in [0.25, 0.3) is 11.1 Å². The van der Waals surface area contributed by atoms with Crippen molar-refractivity contribution in [1.82, 2.24) is 9.62 Å². The van der Waals surface area contributed by atoms with Gasteiger partial charge in [0.25, 0.3) is 15.9 Å². The van der Waals surface area contributed by atoms with Gasteiger partial charge in [-0.05, 0) is 34.9 Å². The highest BCUT2D eigenvalue weighted by atomic mass is 35.5. The highest BCUT2D eigenvalue weighted by Gasteiger charge is 2.21. The van der Waals surface area contributed by atoms with Crippen LogP contribution in [-0.2, 0) is 23.1 Å². The van der Waals surface area contributed by atoms with Gasteiger partial charge in [0, 0.05) is 18.7 Å². The molecule has 1 amide bonds. The standard InChI is InChI=1S/C28H22ClN3O3S/c29-26-12-6-4-11-25(26)28(33)32(18-21-8-2-1-3-9-21)19-22-14-16-23(17-15-22)24-10-5-7-13-27(24)36(34,35)31-20-30/h1-17,31H,18-19H2. The molecule has 36 heavy (non-hydrogen) atoms. The summed E-state index contributed by atoms with van der Waals surface area (Å²) in [5, 5.41) is 9.20. The van der Waals surface area contributed by atoms with E-state index in [1.165, 1.54) is 12.3 Å². The number of sulfonamides is 1. The lowest BCUT2D eigenvalue weighted by atomic mass is 10.0. The van der Waals surface area contributed by atoms with E-state index in [4.69, 9.17) is 16.9 Å². The van der Waals surface area contributed by atoms with Crippen LogP contribution in [0.15, 0.2) is 108 Å². The molecule has 0 radical (unpaired) electrons. The average molecular weight is 516 g/mol. The molecule has 0 aromatic heterocycles. The van der Waals surface area contributed by atoms with Gasteiger partial charge in [0.05, 0.1) is 15.5 Å². The van der Waals surface area contributed by atoms with Crippen molar-refractivity contribution in [2.24, 2.45) is 0 Å². The van der Waals surface area contributed by atoms with Crippen molar-refractivity contribution < 1.29 is 13.2 Å². The molecule has 0 heterocycles. The van der Waals surface area contributed by atoms with Crippen molar-refractivity contribution in [3.05, 3.63) is 125 Å². The number of hydrogen-bond donors (Lipinski definition) is 1. The van der Waals surface area contributed by atoms with Crippen LogP contribution in [0.4, 0.5) is 0 Å². The largest absolute Gasteiger partial charge is 0.330 e. The Hall–Kier alpha value is -4.12. The van der Waals surface area contributed by atoms with Gasteiger partial charge in [-0.3, -0.25) is 4.79 Å². The van der Waals surface area contributed by atoms with Crippen LogP contribution in [0.1, 0.15) is 21.5 Å². The summed E-state index contributed by atoms with van der Waals surface area (Å²) in [5.74, 6) is -0.187. The molecule has 0 saturated carbocycles. The third-order valence-electron chi connectivity index (χ3n) is 5.60. The van der Waals surface area contributed by atoms with Gasteiger partial charge in [-0.25, -0.2) is 13.1 Å². The lowest BCUT2D eigenvalue weighted by Crippen LogP contribution is -2.30. The maximum atomic E-state index is 13.4. The maximum Gasteiger partial charge on any atom is 0.270 e. The summed E-state index contributed by atoms with van der Waals surface area (Å²) >= 11 is 6.31. The van der Waals surface area contributed by atoms with E-state index in [9.17, 15) is 13.2 Å². The fourth-order valence-electron chi connectivity index (χ4n) is 3.87. The number of carbonyl (C=O) groups is 1. The fraction of sp³-hybridized carbons (Fsp3) is 0.0714. The molecule has 0 atom stereocenters. The van der Waals surface area contributed by atoms with E-state index in [0.717, 1.165) is 11.1 Å². The minimum atomic E-state index is -3.98. The van der Waals surface area contributed by atoms with E-state index in [0.29, 0.717) is 34.8 Å². The predicted octanol–water partition coefficient (Wildman–Crippen LogP) is 5.61. The molecule has 6 nitrogen and oxygen atoms in total. The van der Waals surface area contributed by atoms with Crippen LogP contribution >= 0.6 is 11.6 Å². The van der Waals surface area contributed by atoms with Crippen LogP contribution < -0.4 is 4.72 Å². The van der Waals surface area contributed by atoms with E-state index in [1.54, 1.807) is 59.5 Å². The van der Waals surface area contributed by atoms with Crippen LogP contribution in [-0.4, -0.2) is 19.2 Å². The molecule has 4 aromatic carbocycles. The quantitative estimate of drug-likeness (QED) is 0.244. The predicted molar refractivity (Wildman–Crippen MR) is 139 cm³/mol. The van der Waals surface area contributed by atoms with Crippen molar-refractivity contribution >= 4 is 27.5 Å². The number of nitriles is 1. The number of amides is 1. The topological polar surface area (TPSA) is 90.3 Å². The first kappa shape index (κ1) is 25.0. The molecule has 4 rings (SSSR count). The molecule has 0 spiro atoms. The highest BCUT2D eigenvalue weighted by molar-refractivity contribution is 7.89. The molecule has 0 fully saturated rings. The summed E-state index contributed by atoms with van der Waals surface area (Å²) in [6, 6.07) is 30.4. The van der Waals surface area contributed by atoms with Gasteiger partial charge >= 0.3 is 0 Å². The lowest BCUT2D eigenvalue weighted by Gasteiger charge is -2.24. The van der Waals surface area contributed by atoms with Gasteiger partial charge in [0.15, 0.2) is 6.19 Å². The Labute approximate surface area is 215 Å². The number of carbonyl (C=O) groups excluding carboxylic acids is 1. The van der Waals surface area contributed by atoms with Crippen LogP contribution in [0, 0.1) is 11.5 Å². The summed E-state index contributed by atoms with van der Waals surface area (Å²) in [7, 11) is -3.98. The number of nitrogens with one attached hydrogen (secondary N) is 1. The number of nitrogens with zero attached hydrogens (tertiary/aromatic N) is 2. The Bertz CT molecular complexity index is 1520. The Balaban J connectivity index is 1.63. The SMILES string of the molecule is N#CNS(=O)(=O)c1ccccc1-c1ccc(CN(Cc2ccccc2)C(=O)c2ccccc2Cl)cc1. The van der Waals surface area contributed by atoms with Gasteiger partial charge in [0.2, 0.25) is 0 Å². The summed E-state index contributed by atoms with van der Waals surface area (Å²) < 4.78 is 26.8. The normalized spacial score (nSPS) is 10.9. The molecule has 4 aromatic rings. The van der Waals surface area contributed by atoms with E-state index in [2.05, 4.69) is 0 Å². The van der Waals surface area contributed by atoms with Crippen molar-refractivity contribution in [3.8, 4) is 17.3 Å². The van der Waals surface area contributed by atoms with Crippen molar-refractivity contribution in [3.63, 3.8) is 0 Å². The molecular formula is C28H22ClN3O3S. The Kier molecular flexibility index (Phi) is 7.69. The average Bonchev–Trinajstić information content (AvgIpc) is 2.89. The molecular weight excluding hydrogens is 494 g/mol. The molecule has 0 aliphatic carbocycles. The summed E-state index contributed by atoms with van der Waals surface area (Å²) in [6.45, 7) is 0.725. The number of halogens is 1. The molecule has 0 unspecified atom stereocenters. The zero-order chi connectivity index (χ0) is 25.5. The molecule has 0 bridgehead atoms. The van der Waals surface area contributed by atoms with Crippen molar-refractivity contribution in [2.45, 2.75) is 18.0 Å². The second kappa shape index (κ2) is 11.1. The van der Waals surface area contributed by atoms with Gasteiger partial charge < -0.3 is 4.90 Å². The smallest absolute Gasteiger partial charge is 0.270 e. The number of hydrogen-bond acceptors (Lipinski definition) is 4.